The average molecular weight is 684 g/mol. The van der Waals surface area contributed by atoms with Gasteiger partial charge in [-0.1, -0.05) is 97.1 Å². The van der Waals surface area contributed by atoms with Gasteiger partial charge in [0.2, 0.25) is 0 Å². The van der Waals surface area contributed by atoms with E-state index < -0.39 is 0 Å². The zero-order valence-electron chi connectivity index (χ0n) is 27.9. The van der Waals surface area contributed by atoms with Crippen molar-refractivity contribution in [3.8, 4) is 22.3 Å². The Kier molecular flexibility index (Phi) is 6.42. The highest BCUT2D eigenvalue weighted by Crippen LogP contribution is 2.44. The predicted molar refractivity (Wildman–Crippen MR) is 219 cm³/mol. The van der Waals surface area contributed by atoms with E-state index in [0.717, 1.165) is 72.1 Å². The Hall–Kier alpha value is -6.62. The summed E-state index contributed by atoms with van der Waals surface area (Å²) in [4.78, 5) is 2.36. The monoisotopic (exact) mass is 683 g/mol. The first-order chi connectivity index (χ1) is 25.7. The summed E-state index contributed by atoms with van der Waals surface area (Å²) < 4.78 is 15.2. The van der Waals surface area contributed by atoms with Crippen LogP contribution in [0.15, 0.2) is 185 Å². The molecule has 0 atom stereocenters. The topological polar surface area (TPSA) is 29.5 Å². The number of hydrogen-bond donors (Lipinski definition) is 0. The summed E-state index contributed by atoms with van der Waals surface area (Å²) in [7, 11) is 0. The van der Waals surface area contributed by atoms with Crippen LogP contribution in [-0.2, 0) is 0 Å². The van der Waals surface area contributed by atoms with Crippen molar-refractivity contribution in [1.29, 1.82) is 0 Å². The molecule has 52 heavy (non-hydrogen) atoms. The second kappa shape index (κ2) is 11.5. The third kappa shape index (κ3) is 4.58. The van der Waals surface area contributed by atoms with Crippen LogP contribution in [0.3, 0.4) is 0 Å². The number of anilines is 3. The van der Waals surface area contributed by atoms with Crippen LogP contribution < -0.4 is 4.90 Å². The third-order valence-electron chi connectivity index (χ3n) is 10.3. The lowest BCUT2D eigenvalue weighted by Crippen LogP contribution is -2.10. The van der Waals surface area contributed by atoms with Gasteiger partial charge in [-0.3, -0.25) is 0 Å². The fraction of sp³-hybridized carbons (Fsp3) is 0. The molecule has 0 unspecified atom stereocenters. The Balaban J connectivity index is 1.07. The number of fused-ring (bicyclic) bond motifs is 9. The molecule has 4 heteroatoms. The SMILES string of the molecule is c1cc(-c2ccc3oc4ccccc4c3c2)cc(N(c2ccc(-c3ccc4sc5ccccc5c4c3)cc2)c2cccc3oc4ccccc4c23)c1. The lowest BCUT2D eigenvalue weighted by Gasteiger charge is -2.27. The maximum atomic E-state index is 6.38. The largest absolute Gasteiger partial charge is 0.456 e. The summed E-state index contributed by atoms with van der Waals surface area (Å²) in [6, 6.07) is 62.7. The molecule has 3 nitrogen and oxygen atoms in total. The van der Waals surface area contributed by atoms with E-state index in [2.05, 4.69) is 157 Å². The van der Waals surface area contributed by atoms with Crippen molar-refractivity contribution in [2.45, 2.75) is 0 Å². The van der Waals surface area contributed by atoms with Gasteiger partial charge in [-0.2, -0.15) is 0 Å². The van der Waals surface area contributed by atoms with E-state index in [9.17, 15) is 0 Å². The molecular formula is C48H29NO2S. The maximum absolute atomic E-state index is 6.38. The Bertz CT molecular complexity index is 3150. The Morgan fingerprint density at radius 3 is 1.83 bits per heavy atom. The quantitative estimate of drug-likeness (QED) is 0.181. The van der Waals surface area contributed by atoms with Crippen LogP contribution in [0.4, 0.5) is 17.1 Å². The van der Waals surface area contributed by atoms with E-state index in [1.165, 1.54) is 31.3 Å². The Morgan fingerprint density at radius 2 is 0.942 bits per heavy atom. The molecule has 0 saturated carbocycles. The fourth-order valence-corrected chi connectivity index (χ4v) is 8.89. The zero-order valence-corrected chi connectivity index (χ0v) is 28.7. The highest BCUT2D eigenvalue weighted by molar-refractivity contribution is 7.25. The number of hydrogen-bond acceptors (Lipinski definition) is 4. The van der Waals surface area contributed by atoms with Gasteiger partial charge in [0.15, 0.2) is 0 Å². The summed E-state index contributed by atoms with van der Waals surface area (Å²) in [6.07, 6.45) is 0. The molecule has 3 heterocycles. The van der Waals surface area contributed by atoms with E-state index in [0.29, 0.717) is 0 Å². The minimum Gasteiger partial charge on any atom is -0.456 e. The molecule has 0 bridgehead atoms. The second-order valence-corrected chi connectivity index (χ2v) is 14.4. The van der Waals surface area contributed by atoms with Crippen LogP contribution in [0.2, 0.25) is 0 Å². The molecule has 0 amide bonds. The fourth-order valence-electron chi connectivity index (χ4n) is 7.81. The molecule has 0 spiro atoms. The Labute approximate surface area is 303 Å². The maximum Gasteiger partial charge on any atom is 0.137 e. The lowest BCUT2D eigenvalue weighted by atomic mass is 10.0. The molecule has 0 fully saturated rings. The van der Waals surface area contributed by atoms with Gasteiger partial charge in [0.25, 0.3) is 0 Å². The van der Waals surface area contributed by atoms with Crippen LogP contribution in [0, 0.1) is 0 Å². The van der Waals surface area contributed by atoms with Crippen LogP contribution in [0.25, 0.3) is 86.3 Å². The van der Waals surface area contributed by atoms with Gasteiger partial charge < -0.3 is 13.7 Å². The lowest BCUT2D eigenvalue weighted by molar-refractivity contribution is 0.668. The van der Waals surface area contributed by atoms with E-state index in [1.807, 2.05) is 35.6 Å². The molecule has 11 aromatic rings. The van der Waals surface area contributed by atoms with Crippen molar-refractivity contribution in [1.82, 2.24) is 0 Å². The predicted octanol–water partition coefficient (Wildman–Crippen LogP) is 14.7. The number of furan rings is 2. The molecule has 0 N–H and O–H groups in total. The first-order valence-corrected chi connectivity index (χ1v) is 18.3. The van der Waals surface area contributed by atoms with Crippen molar-refractivity contribution in [2.24, 2.45) is 0 Å². The summed E-state index contributed by atoms with van der Waals surface area (Å²) in [5, 5.41) is 7.05. The highest BCUT2D eigenvalue weighted by Gasteiger charge is 2.20. The molecular weight excluding hydrogens is 655 g/mol. The van der Waals surface area contributed by atoms with E-state index in [-0.39, 0.29) is 0 Å². The Morgan fingerprint density at radius 1 is 0.346 bits per heavy atom. The molecule has 244 valence electrons. The number of rotatable bonds is 5. The number of nitrogens with zero attached hydrogens (tertiary/aromatic N) is 1. The van der Waals surface area contributed by atoms with Crippen molar-refractivity contribution < 1.29 is 8.83 Å². The summed E-state index contributed by atoms with van der Waals surface area (Å²) in [5.41, 5.74) is 11.4. The smallest absolute Gasteiger partial charge is 0.137 e. The van der Waals surface area contributed by atoms with Gasteiger partial charge in [0, 0.05) is 47.7 Å². The molecule has 3 aromatic heterocycles. The van der Waals surface area contributed by atoms with Crippen molar-refractivity contribution in [2.75, 3.05) is 4.90 Å². The van der Waals surface area contributed by atoms with Gasteiger partial charge in [0.05, 0.1) is 11.1 Å². The molecule has 0 aliphatic carbocycles. The minimum atomic E-state index is 0.866. The first kappa shape index (κ1) is 29.1. The minimum absolute atomic E-state index is 0.866. The van der Waals surface area contributed by atoms with Crippen LogP contribution in [-0.4, -0.2) is 0 Å². The van der Waals surface area contributed by atoms with Gasteiger partial charge in [-0.25, -0.2) is 0 Å². The molecule has 0 saturated heterocycles. The number of benzene rings is 8. The molecule has 11 rings (SSSR count). The molecule has 0 radical (unpaired) electrons. The molecule has 0 aliphatic heterocycles. The zero-order chi connectivity index (χ0) is 34.2. The first-order valence-electron chi connectivity index (χ1n) is 17.5. The van der Waals surface area contributed by atoms with Crippen LogP contribution >= 0.6 is 11.3 Å². The highest BCUT2D eigenvalue weighted by atomic mass is 32.1. The van der Waals surface area contributed by atoms with Gasteiger partial charge >= 0.3 is 0 Å². The van der Waals surface area contributed by atoms with Crippen molar-refractivity contribution in [3.63, 3.8) is 0 Å². The van der Waals surface area contributed by atoms with Crippen molar-refractivity contribution >= 4 is 92.4 Å². The number of thiophene rings is 1. The summed E-state index contributed by atoms with van der Waals surface area (Å²) >= 11 is 1.85. The number of para-hydroxylation sites is 2. The standard InChI is InChI=1S/C48H29NO2S/c1-4-15-42-36(11-1)39-28-33(21-25-44(39)50-42)31-9-7-10-35(27-31)49(41-14-8-17-45-48(41)38-13-2-5-16-43(38)51-45)34-23-19-30(20-24-34)32-22-26-47-40(29-32)37-12-3-6-18-46(37)52-47/h1-29H. The van der Waals surface area contributed by atoms with Gasteiger partial charge in [0.1, 0.15) is 22.3 Å². The van der Waals surface area contributed by atoms with Crippen molar-refractivity contribution in [3.05, 3.63) is 176 Å². The average Bonchev–Trinajstić information content (AvgIpc) is 3.89. The van der Waals surface area contributed by atoms with E-state index >= 15 is 0 Å². The third-order valence-corrected chi connectivity index (χ3v) is 11.4. The molecule has 0 aliphatic rings. The summed E-state index contributed by atoms with van der Waals surface area (Å²) in [6.45, 7) is 0. The normalized spacial score (nSPS) is 11.8. The summed E-state index contributed by atoms with van der Waals surface area (Å²) in [5.74, 6) is 0. The second-order valence-electron chi connectivity index (χ2n) is 13.3. The van der Waals surface area contributed by atoms with E-state index in [4.69, 9.17) is 8.83 Å². The van der Waals surface area contributed by atoms with Crippen LogP contribution in [0.5, 0.6) is 0 Å². The molecule has 8 aromatic carbocycles. The van der Waals surface area contributed by atoms with E-state index in [1.54, 1.807) is 0 Å². The van der Waals surface area contributed by atoms with Crippen LogP contribution in [0.1, 0.15) is 0 Å². The van der Waals surface area contributed by atoms with Gasteiger partial charge in [-0.15, -0.1) is 11.3 Å². The van der Waals surface area contributed by atoms with Gasteiger partial charge in [-0.05, 0) is 101 Å².